The first-order valence-corrected chi connectivity index (χ1v) is 19.8. The second-order valence-electron chi connectivity index (χ2n) is 15.1. The number of aromatic nitrogens is 4. The van der Waals surface area contributed by atoms with Gasteiger partial charge >= 0.3 is 12.2 Å². The Balaban J connectivity index is 1.10. The summed E-state index contributed by atoms with van der Waals surface area (Å²) in [4.78, 5) is 71.5. The number of imidazole rings is 2. The van der Waals surface area contributed by atoms with Crippen molar-refractivity contribution in [2.75, 3.05) is 26.3 Å². The third-order valence-corrected chi connectivity index (χ3v) is 10.6. The molecular weight excluding hydrogens is 713 g/mol. The summed E-state index contributed by atoms with van der Waals surface area (Å²) in [6.45, 7) is 12.8. The molecule has 2 aromatic heterocycles. The summed E-state index contributed by atoms with van der Waals surface area (Å²) in [6, 6.07) is 14.7. The molecule has 0 aliphatic carbocycles. The van der Waals surface area contributed by atoms with Gasteiger partial charge in [0.25, 0.3) is 0 Å². The van der Waals surface area contributed by atoms with Crippen LogP contribution in [0.25, 0.3) is 33.6 Å². The van der Waals surface area contributed by atoms with Crippen molar-refractivity contribution in [3.8, 4) is 33.6 Å². The third kappa shape index (κ3) is 8.90. The van der Waals surface area contributed by atoms with Gasteiger partial charge in [-0.2, -0.15) is 0 Å². The number of carbonyl (C=O) groups is 4. The quantitative estimate of drug-likeness (QED) is 0.113. The Morgan fingerprint density at radius 2 is 1.00 bits per heavy atom. The van der Waals surface area contributed by atoms with Crippen LogP contribution in [0, 0.1) is 11.8 Å². The van der Waals surface area contributed by atoms with Crippen molar-refractivity contribution in [1.82, 2.24) is 40.4 Å². The van der Waals surface area contributed by atoms with E-state index in [4.69, 9.17) is 9.47 Å². The van der Waals surface area contributed by atoms with Crippen LogP contribution in [0.2, 0.25) is 0 Å². The SMILES string of the molecule is CCOC(=O)NC(C(=O)N1CCCC1c1ncc(-c2ccc(-c3ccc(-c4cnc(C5CCCN5C(=O)C(NC(=O)OCC)C(C)C)[nH]4)cc3)cc2)[nH]1)C(C)C. The Morgan fingerprint density at radius 1 is 0.643 bits per heavy atom. The zero-order valence-electron chi connectivity index (χ0n) is 33.1. The Hall–Kier alpha value is -5.66. The molecule has 4 heterocycles. The van der Waals surface area contributed by atoms with Gasteiger partial charge in [-0.3, -0.25) is 9.59 Å². The molecule has 298 valence electrons. The molecule has 4 N–H and O–H groups in total. The molecule has 0 saturated carbocycles. The van der Waals surface area contributed by atoms with Crippen molar-refractivity contribution in [3.63, 3.8) is 0 Å². The van der Waals surface area contributed by atoms with Crippen LogP contribution in [-0.4, -0.2) is 92.1 Å². The van der Waals surface area contributed by atoms with Crippen LogP contribution in [0.5, 0.6) is 0 Å². The number of alkyl carbamates (subject to hydrolysis) is 2. The van der Waals surface area contributed by atoms with Gasteiger partial charge in [0, 0.05) is 13.1 Å². The molecule has 2 aromatic carbocycles. The first-order chi connectivity index (χ1) is 27.0. The molecule has 6 rings (SSSR count). The van der Waals surface area contributed by atoms with Crippen LogP contribution in [0.4, 0.5) is 9.59 Å². The number of ether oxygens (including phenoxy) is 2. The fourth-order valence-corrected chi connectivity index (χ4v) is 7.60. The molecule has 0 radical (unpaired) electrons. The summed E-state index contributed by atoms with van der Waals surface area (Å²) >= 11 is 0. The maximum atomic E-state index is 13.6. The summed E-state index contributed by atoms with van der Waals surface area (Å²) in [5.74, 6) is 0.977. The highest BCUT2D eigenvalue weighted by atomic mass is 16.6. The fraction of sp³-hybridized carbons (Fsp3) is 0.476. The average molecular weight is 767 g/mol. The Labute approximate surface area is 328 Å². The van der Waals surface area contributed by atoms with E-state index in [1.165, 1.54) is 0 Å². The van der Waals surface area contributed by atoms with Gasteiger partial charge in [0.15, 0.2) is 0 Å². The van der Waals surface area contributed by atoms with Crippen molar-refractivity contribution in [3.05, 3.63) is 72.6 Å². The van der Waals surface area contributed by atoms with Crippen LogP contribution in [0.1, 0.15) is 91.0 Å². The molecular formula is C42H54N8O6. The molecule has 56 heavy (non-hydrogen) atoms. The lowest BCUT2D eigenvalue weighted by Crippen LogP contribution is -2.51. The maximum Gasteiger partial charge on any atom is 0.407 e. The number of amides is 4. The van der Waals surface area contributed by atoms with Gasteiger partial charge in [-0.05, 0) is 73.6 Å². The van der Waals surface area contributed by atoms with Crippen LogP contribution in [-0.2, 0) is 19.1 Å². The smallest absolute Gasteiger partial charge is 0.407 e. The van der Waals surface area contributed by atoms with Gasteiger partial charge < -0.3 is 39.9 Å². The number of likely N-dealkylation sites (tertiary alicyclic amines) is 2. The van der Waals surface area contributed by atoms with E-state index in [1.54, 1.807) is 26.2 Å². The fourth-order valence-electron chi connectivity index (χ4n) is 7.60. The number of H-pyrrole nitrogens is 2. The molecule has 4 amide bonds. The minimum absolute atomic E-state index is 0.104. The number of rotatable bonds is 13. The number of nitrogens with zero attached hydrogens (tertiary/aromatic N) is 4. The minimum Gasteiger partial charge on any atom is -0.450 e. The lowest BCUT2D eigenvalue weighted by molar-refractivity contribution is -0.136. The molecule has 2 aliphatic rings. The monoisotopic (exact) mass is 766 g/mol. The van der Waals surface area contributed by atoms with Crippen molar-refractivity contribution >= 4 is 24.0 Å². The number of benzene rings is 2. The van der Waals surface area contributed by atoms with Gasteiger partial charge in [0.2, 0.25) is 11.8 Å². The second kappa shape index (κ2) is 17.9. The number of aromatic amines is 2. The normalized spacial score (nSPS) is 17.9. The predicted octanol–water partition coefficient (Wildman–Crippen LogP) is 7.00. The predicted molar refractivity (Wildman–Crippen MR) is 212 cm³/mol. The van der Waals surface area contributed by atoms with Gasteiger partial charge in [0.05, 0.1) is 49.1 Å². The van der Waals surface area contributed by atoms with Crippen molar-refractivity contribution in [2.45, 2.75) is 91.4 Å². The Bertz CT molecular complexity index is 1830. The van der Waals surface area contributed by atoms with E-state index in [-0.39, 0.29) is 48.9 Å². The Kier molecular flexibility index (Phi) is 12.8. The molecule has 2 aliphatic heterocycles. The maximum absolute atomic E-state index is 13.6. The summed E-state index contributed by atoms with van der Waals surface area (Å²) in [5.41, 5.74) is 5.79. The standard InChI is InChI=1S/C42H54N8O6/c1-7-55-41(53)47-35(25(3)4)39(51)49-21-9-11-33(49)37-43-23-31(45-37)29-17-13-27(14-18-29)28-15-19-30(20-16-28)32-24-44-38(46-32)34-12-10-22-50(34)40(52)36(26(5)6)48-42(54)56-8-2/h13-20,23-26,33-36H,7-12,21-22H2,1-6H3,(H,43,45)(H,44,46)(H,47,53)(H,48,54). The summed E-state index contributed by atoms with van der Waals surface area (Å²) in [5, 5.41) is 5.49. The zero-order valence-corrected chi connectivity index (χ0v) is 33.1. The lowest BCUT2D eigenvalue weighted by atomic mass is 10.0. The van der Waals surface area contributed by atoms with Gasteiger partial charge in [0.1, 0.15) is 23.7 Å². The van der Waals surface area contributed by atoms with E-state index in [9.17, 15) is 19.2 Å². The summed E-state index contributed by atoms with van der Waals surface area (Å²) in [6.07, 6.45) is 5.69. The first-order valence-electron chi connectivity index (χ1n) is 19.8. The number of hydrogen-bond acceptors (Lipinski definition) is 8. The molecule has 4 aromatic rings. The van der Waals surface area contributed by atoms with Gasteiger partial charge in [-0.25, -0.2) is 19.6 Å². The Morgan fingerprint density at radius 3 is 1.34 bits per heavy atom. The minimum atomic E-state index is -0.686. The van der Waals surface area contributed by atoms with E-state index < -0.39 is 24.3 Å². The highest BCUT2D eigenvalue weighted by Gasteiger charge is 2.39. The molecule has 0 spiro atoms. The van der Waals surface area contributed by atoms with E-state index in [0.717, 1.165) is 71.0 Å². The topological polar surface area (TPSA) is 175 Å². The third-order valence-electron chi connectivity index (χ3n) is 10.6. The summed E-state index contributed by atoms with van der Waals surface area (Å²) in [7, 11) is 0. The van der Waals surface area contributed by atoms with Crippen molar-refractivity contribution in [1.29, 1.82) is 0 Å². The van der Waals surface area contributed by atoms with E-state index >= 15 is 0 Å². The zero-order chi connectivity index (χ0) is 39.9. The van der Waals surface area contributed by atoms with Crippen LogP contribution in [0.15, 0.2) is 60.9 Å². The molecule has 2 saturated heterocycles. The van der Waals surface area contributed by atoms with Crippen LogP contribution < -0.4 is 10.6 Å². The number of nitrogens with one attached hydrogen (secondary N) is 4. The van der Waals surface area contributed by atoms with Crippen molar-refractivity contribution in [2.24, 2.45) is 11.8 Å². The first kappa shape index (κ1) is 40.0. The van der Waals surface area contributed by atoms with Crippen molar-refractivity contribution < 1.29 is 28.7 Å². The van der Waals surface area contributed by atoms with Gasteiger partial charge in [-0.15, -0.1) is 0 Å². The number of hydrogen-bond donors (Lipinski definition) is 4. The molecule has 14 nitrogen and oxygen atoms in total. The van der Waals surface area contributed by atoms with Gasteiger partial charge in [-0.1, -0.05) is 76.2 Å². The highest BCUT2D eigenvalue weighted by Crippen LogP contribution is 2.35. The lowest BCUT2D eigenvalue weighted by Gasteiger charge is -2.30. The molecule has 14 heteroatoms. The molecule has 4 atom stereocenters. The second-order valence-corrected chi connectivity index (χ2v) is 15.1. The molecule has 0 bridgehead atoms. The van der Waals surface area contributed by atoms with E-state index in [0.29, 0.717) is 13.1 Å². The van der Waals surface area contributed by atoms with Crippen LogP contribution >= 0.6 is 0 Å². The van der Waals surface area contributed by atoms with Crippen LogP contribution in [0.3, 0.4) is 0 Å². The molecule has 2 fully saturated rings. The van der Waals surface area contributed by atoms with E-state index in [2.05, 4.69) is 79.1 Å². The highest BCUT2D eigenvalue weighted by molar-refractivity contribution is 5.87. The van der Waals surface area contributed by atoms with E-state index in [1.807, 2.05) is 37.5 Å². The average Bonchev–Trinajstić information content (AvgIpc) is 4.02. The molecule has 4 unspecified atom stereocenters. The number of carbonyl (C=O) groups excluding carboxylic acids is 4. The largest absolute Gasteiger partial charge is 0.450 e. The summed E-state index contributed by atoms with van der Waals surface area (Å²) < 4.78 is 10.1.